The van der Waals surface area contributed by atoms with Crippen LogP contribution in [0.15, 0.2) is 35.8 Å². The highest BCUT2D eigenvalue weighted by molar-refractivity contribution is 6.08. The van der Waals surface area contributed by atoms with Gasteiger partial charge in [-0.2, -0.15) is 9.49 Å². The van der Waals surface area contributed by atoms with Gasteiger partial charge in [0, 0.05) is 20.3 Å². The van der Waals surface area contributed by atoms with E-state index in [0.717, 1.165) is 25.1 Å². The Morgan fingerprint density at radius 2 is 1.89 bits per heavy atom. The summed E-state index contributed by atoms with van der Waals surface area (Å²) in [5.74, 6) is -1.43. The molecule has 0 aromatic carbocycles. The van der Waals surface area contributed by atoms with Gasteiger partial charge in [0.2, 0.25) is 11.9 Å². The summed E-state index contributed by atoms with van der Waals surface area (Å²) < 4.78 is 33.8. The summed E-state index contributed by atoms with van der Waals surface area (Å²) in [5.41, 5.74) is 0.0114. The van der Waals surface area contributed by atoms with Gasteiger partial charge in [-0.25, -0.2) is 24.1 Å². The molecular weight excluding hydrogens is 462 g/mol. The fraction of sp³-hybridized carbons (Fsp3) is 0.318. The van der Waals surface area contributed by atoms with Gasteiger partial charge in [-0.05, 0) is 25.8 Å². The van der Waals surface area contributed by atoms with Crippen LogP contribution in [0.1, 0.15) is 31.4 Å². The first kappa shape index (κ1) is 23.9. The van der Waals surface area contributed by atoms with Crippen molar-refractivity contribution >= 4 is 29.7 Å². The predicted octanol–water partition coefficient (Wildman–Crippen LogP) is 3.28. The van der Waals surface area contributed by atoms with Gasteiger partial charge in [0.15, 0.2) is 5.82 Å². The Labute approximate surface area is 198 Å². The molecule has 35 heavy (non-hydrogen) atoms. The maximum Gasteiger partial charge on any atom is 0.413 e. The second-order valence-electron chi connectivity index (χ2n) is 8.03. The molecule has 0 saturated heterocycles. The highest BCUT2D eigenvalue weighted by Crippen LogP contribution is 2.44. The number of carbonyl (C=O) groups is 2. The summed E-state index contributed by atoms with van der Waals surface area (Å²) in [7, 11) is 3.20. The van der Waals surface area contributed by atoms with E-state index >= 15 is 0 Å². The van der Waals surface area contributed by atoms with Crippen LogP contribution in [-0.2, 0) is 16.6 Å². The van der Waals surface area contributed by atoms with E-state index < -0.39 is 29.4 Å². The molecule has 182 valence electrons. The Morgan fingerprint density at radius 3 is 2.54 bits per heavy atom. The van der Waals surface area contributed by atoms with E-state index in [1.165, 1.54) is 30.2 Å². The first-order valence-electron chi connectivity index (χ1n) is 10.6. The Morgan fingerprint density at radius 1 is 1.17 bits per heavy atom. The zero-order chi connectivity index (χ0) is 25.2. The van der Waals surface area contributed by atoms with E-state index in [0.29, 0.717) is 11.3 Å². The molecule has 1 aliphatic carbocycles. The molecule has 2 N–H and O–H groups in total. The number of nitrogens with zero attached hydrogens (tertiary/aromatic N) is 6. The zero-order valence-electron chi connectivity index (χ0n) is 19.1. The van der Waals surface area contributed by atoms with Gasteiger partial charge < -0.3 is 10.1 Å². The summed E-state index contributed by atoms with van der Waals surface area (Å²) in [6.45, 7) is 1.39. The molecule has 3 heterocycles. The van der Waals surface area contributed by atoms with Gasteiger partial charge in [-0.3, -0.25) is 19.8 Å². The minimum atomic E-state index is -1.11. The molecule has 0 bridgehead atoms. The number of anilines is 2. The average molecular weight is 484 g/mol. The number of nitrogens with one attached hydrogen (secondary N) is 2. The summed E-state index contributed by atoms with van der Waals surface area (Å²) in [6, 6.07) is 0.907. The number of amides is 2. The molecule has 13 heteroatoms. The molecule has 4 rings (SSSR count). The number of ether oxygens (including phenoxy) is 1. The lowest BCUT2D eigenvalue weighted by Crippen LogP contribution is -2.25. The lowest BCUT2D eigenvalue weighted by atomic mass is 10.1. The van der Waals surface area contributed by atoms with Crippen LogP contribution >= 0.6 is 0 Å². The molecule has 0 aliphatic heterocycles. The maximum atomic E-state index is 13.9. The largest absolute Gasteiger partial charge is 0.441 e. The van der Waals surface area contributed by atoms with Crippen molar-refractivity contribution in [1.82, 2.24) is 24.7 Å². The summed E-state index contributed by atoms with van der Waals surface area (Å²) in [6.07, 6.45) is 6.13. The predicted molar refractivity (Wildman–Crippen MR) is 122 cm³/mol. The lowest BCUT2D eigenvalue weighted by molar-refractivity contribution is -0.118. The van der Waals surface area contributed by atoms with Gasteiger partial charge in [-0.15, -0.1) is 0 Å². The van der Waals surface area contributed by atoms with E-state index in [2.05, 4.69) is 35.7 Å². The van der Waals surface area contributed by atoms with E-state index in [1.807, 2.05) is 0 Å². The van der Waals surface area contributed by atoms with Crippen LogP contribution in [-0.4, -0.2) is 50.0 Å². The summed E-state index contributed by atoms with van der Waals surface area (Å²) >= 11 is 0. The van der Waals surface area contributed by atoms with E-state index in [-0.39, 0.29) is 23.1 Å². The third kappa shape index (κ3) is 5.13. The van der Waals surface area contributed by atoms with Gasteiger partial charge in [0.05, 0.1) is 47.0 Å². The fourth-order valence-corrected chi connectivity index (χ4v) is 3.41. The number of halogens is 2. The fourth-order valence-electron chi connectivity index (χ4n) is 3.41. The second kappa shape index (κ2) is 9.52. The van der Waals surface area contributed by atoms with Crippen molar-refractivity contribution in [2.75, 3.05) is 17.7 Å². The topological polar surface area (TPSA) is 136 Å². The highest BCUT2D eigenvalue weighted by Gasteiger charge is 2.48. The van der Waals surface area contributed by atoms with Crippen molar-refractivity contribution in [2.45, 2.75) is 25.9 Å². The van der Waals surface area contributed by atoms with E-state index in [4.69, 9.17) is 4.74 Å². The highest BCUT2D eigenvalue weighted by atomic mass is 19.1. The molecule has 0 unspecified atom stereocenters. The molecule has 1 saturated carbocycles. The molecular formula is C22H22F2N8O3. The average Bonchev–Trinajstić information content (AvgIpc) is 3.53. The Bertz CT molecular complexity index is 1290. The molecule has 3 aromatic rings. The molecule has 11 nitrogen and oxygen atoms in total. The number of hydrogen-bond acceptors (Lipinski definition) is 8. The van der Waals surface area contributed by atoms with Crippen LogP contribution in [0.25, 0.3) is 11.4 Å². The summed E-state index contributed by atoms with van der Waals surface area (Å²) in [4.78, 5) is 40.7. The van der Waals surface area contributed by atoms with Crippen molar-refractivity contribution in [1.29, 1.82) is 0 Å². The lowest BCUT2D eigenvalue weighted by Gasteiger charge is -2.15. The number of pyridine rings is 1. The van der Waals surface area contributed by atoms with Crippen LogP contribution in [0.2, 0.25) is 0 Å². The van der Waals surface area contributed by atoms with Gasteiger partial charge in [0.1, 0.15) is 17.7 Å². The third-order valence-corrected chi connectivity index (χ3v) is 5.48. The molecule has 0 spiro atoms. The van der Waals surface area contributed by atoms with Crippen molar-refractivity contribution in [2.24, 2.45) is 17.5 Å². The molecule has 2 amide bonds. The van der Waals surface area contributed by atoms with Crippen LogP contribution in [0.4, 0.5) is 25.1 Å². The quantitative estimate of drug-likeness (QED) is 0.388. The van der Waals surface area contributed by atoms with Crippen molar-refractivity contribution in [3.63, 3.8) is 0 Å². The van der Waals surface area contributed by atoms with Gasteiger partial charge in [0.25, 0.3) is 0 Å². The number of hydrogen-bond donors (Lipinski definition) is 2. The van der Waals surface area contributed by atoms with Crippen LogP contribution in [0.3, 0.4) is 0 Å². The van der Waals surface area contributed by atoms with Crippen molar-refractivity contribution in [3.8, 4) is 11.4 Å². The Kier molecular flexibility index (Phi) is 6.49. The first-order valence-corrected chi connectivity index (χ1v) is 10.6. The first-order chi connectivity index (χ1) is 16.7. The van der Waals surface area contributed by atoms with Crippen LogP contribution < -0.4 is 10.6 Å². The number of rotatable bonds is 7. The van der Waals surface area contributed by atoms with Gasteiger partial charge in [-0.1, -0.05) is 0 Å². The monoisotopic (exact) mass is 484 g/mol. The third-order valence-electron chi connectivity index (χ3n) is 5.48. The standard InChI is InChI=1S/C22H22F2N8O3/c1-12(15-6-13(23)7-26-17(15)24)35-21(34)31-19-16(10-29-32(19)3)18-27-8-14(9-28-18)30-20(33)22(4-5-22)11-25-2/h6-12H,4-5H2,1-3H3,(H,30,33)(H,31,34)/b25-11-/t12-/m1/s1. The molecule has 1 fully saturated rings. The zero-order valence-corrected chi connectivity index (χ0v) is 19.1. The van der Waals surface area contributed by atoms with Crippen molar-refractivity contribution < 1.29 is 23.1 Å². The smallest absolute Gasteiger partial charge is 0.413 e. The second-order valence-corrected chi connectivity index (χ2v) is 8.03. The van der Waals surface area contributed by atoms with E-state index in [9.17, 15) is 18.4 Å². The number of aromatic nitrogens is 5. The SMILES string of the molecule is C/N=C\C1(C(=O)Nc2cnc(-c3cnn(C)c3NC(=O)O[C@H](C)c3cc(F)cnc3F)nc2)CC1. The molecule has 1 atom stereocenters. The molecule has 3 aromatic heterocycles. The van der Waals surface area contributed by atoms with Crippen molar-refractivity contribution in [3.05, 3.63) is 48.2 Å². The minimum Gasteiger partial charge on any atom is -0.441 e. The molecule has 0 radical (unpaired) electrons. The Hall–Kier alpha value is -4.29. The van der Waals surface area contributed by atoms with Crippen LogP contribution in [0, 0.1) is 17.2 Å². The number of aryl methyl sites for hydroxylation is 1. The van der Waals surface area contributed by atoms with E-state index in [1.54, 1.807) is 20.3 Å². The molecule has 1 aliphatic rings. The normalized spacial score (nSPS) is 15.0. The van der Waals surface area contributed by atoms with Crippen LogP contribution in [0.5, 0.6) is 0 Å². The summed E-state index contributed by atoms with van der Waals surface area (Å²) in [5, 5.41) is 9.40. The van der Waals surface area contributed by atoms with Gasteiger partial charge >= 0.3 is 6.09 Å². The Balaban J connectivity index is 1.45. The number of carbonyl (C=O) groups excluding carboxylic acids is 2. The maximum absolute atomic E-state index is 13.9. The number of aliphatic imine (C=N–C) groups is 1. The minimum absolute atomic E-state index is 0.176.